The van der Waals surface area contributed by atoms with Crippen LogP contribution in [0.3, 0.4) is 0 Å². The Labute approximate surface area is 131 Å². The maximum absolute atomic E-state index is 12.1. The third-order valence-electron chi connectivity index (χ3n) is 4.10. The number of hydrogen-bond acceptors (Lipinski definition) is 4. The van der Waals surface area contributed by atoms with Crippen LogP contribution in [0.15, 0.2) is 11.0 Å². The minimum atomic E-state index is -0.206. The first kappa shape index (κ1) is 16.3. The lowest BCUT2D eigenvalue weighted by Crippen LogP contribution is -2.42. The van der Waals surface area contributed by atoms with Gasteiger partial charge in [0, 0.05) is 19.6 Å². The minimum Gasteiger partial charge on any atom is -0.382 e. The molecule has 2 rings (SSSR count). The molecule has 0 amide bonds. The zero-order chi connectivity index (χ0) is 15.3. The highest BCUT2D eigenvalue weighted by atomic mass is 35.5. The summed E-state index contributed by atoms with van der Waals surface area (Å²) in [5.41, 5.74) is 0.627. The van der Waals surface area contributed by atoms with Crippen molar-refractivity contribution in [3.8, 4) is 0 Å². The fourth-order valence-electron chi connectivity index (χ4n) is 2.63. The Kier molecular flexibility index (Phi) is 5.65. The van der Waals surface area contributed by atoms with Crippen molar-refractivity contribution in [3.63, 3.8) is 0 Å². The molecule has 118 valence electrons. The van der Waals surface area contributed by atoms with Crippen molar-refractivity contribution < 1.29 is 0 Å². The van der Waals surface area contributed by atoms with E-state index < -0.39 is 0 Å². The fraction of sp³-hybridized carbons (Fsp3) is 0.733. The van der Waals surface area contributed by atoms with E-state index in [2.05, 4.69) is 29.6 Å². The van der Waals surface area contributed by atoms with Gasteiger partial charge in [-0.15, -0.1) is 0 Å². The highest BCUT2D eigenvalue weighted by molar-refractivity contribution is 6.32. The summed E-state index contributed by atoms with van der Waals surface area (Å²) in [5, 5.41) is 11.2. The van der Waals surface area contributed by atoms with Gasteiger partial charge in [-0.05, 0) is 31.2 Å². The average molecular weight is 313 g/mol. The van der Waals surface area contributed by atoms with E-state index in [-0.39, 0.29) is 16.0 Å². The lowest BCUT2D eigenvalue weighted by Gasteiger charge is -2.34. The number of piperidine rings is 1. The van der Waals surface area contributed by atoms with E-state index in [1.807, 2.05) is 0 Å². The van der Waals surface area contributed by atoms with Crippen molar-refractivity contribution in [2.45, 2.75) is 46.1 Å². The third kappa shape index (κ3) is 4.20. The predicted molar refractivity (Wildman–Crippen MR) is 87.1 cm³/mol. The summed E-state index contributed by atoms with van der Waals surface area (Å²) in [6.45, 7) is 7.82. The summed E-state index contributed by atoms with van der Waals surface area (Å²) < 4.78 is 1.45. The molecule has 1 aromatic heterocycles. The largest absolute Gasteiger partial charge is 0.382 e. The van der Waals surface area contributed by atoms with Crippen molar-refractivity contribution in [2.24, 2.45) is 5.41 Å². The highest BCUT2D eigenvalue weighted by Gasteiger charge is 2.26. The number of halogens is 1. The van der Waals surface area contributed by atoms with Crippen molar-refractivity contribution in [2.75, 3.05) is 25.0 Å². The molecule has 1 aromatic rings. The SMILES string of the molecule is CCCCn1ncc(NCC2(C)CCCNC2)c(Cl)c1=O. The van der Waals surface area contributed by atoms with Gasteiger partial charge in [-0.2, -0.15) is 5.10 Å². The fourth-order valence-corrected chi connectivity index (χ4v) is 2.85. The van der Waals surface area contributed by atoms with Crippen molar-refractivity contribution in [1.29, 1.82) is 0 Å². The van der Waals surface area contributed by atoms with Crippen LogP contribution in [0.5, 0.6) is 0 Å². The van der Waals surface area contributed by atoms with E-state index in [0.717, 1.165) is 32.5 Å². The minimum absolute atomic E-state index is 0.193. The second kappa shape index (κ2) is 7.27. The molecule has 1 saturated heterocycles. The van der Waals surface area contributed by atoms with Crippen molar-refractivity contribution in [3.05, 3.63) is 21.6 Å². The Morgan fingerprint density at radius 3 is 3.05 bits per heavy atom. The van der Waals surface area contributed by atoms with Gasteiger partial charge >= 0.3 is 0 Å². The average Bonchev–Trinajstić information content (AvgIpc) is 2.48. The Bertz CT molecular complexity index is 523. The molecule has 1 fully saturated rings. The summed E-state index contributed by atoms with van der Waals surface area (Å²) in [4.78, 5) is 12.1. The van der Waals surface area contributed by atoms with Gasteiger partial charge in [0.25, 0.3) is 5.56 Å². The maximum atomic E-state index is 12.1. The molecule has 6 heteroatoms. The molecule has 21 heavy (non-hydrogen) atoms. The molecule has 0 aliphatic carbocycles. The van der Waals surface area contributed by atoms with Gasteiger partial charge in [-0.3, -0.25) is 4.79 Å². The Morgan fingerprint density at radius 1 is 1.57 bits per heavy atom. The number of anilines is 1. The smallest absolute Gasteiger partial charge is 0.287 e. The zero-order valence-electron chi connectivity index (χ0n) is 12.9. The molecule has 0 spiro atoms. The van der Waals surface area contributed by atoms with Gasteiger partial charge in [0.05, 0.1) is 11.9 Å². The van der Waals surface area contributed by atoms with Crippen LogP contribution in [0.2, 0.25) is 5.02 Å². The first-order valence-corrected chi connectivity index (χ1v) is 8.14. The van der Waals surface area contributed by atoms with Gasteiger partial charge < -0.3 is 10.6 Å². The molecule has 0 saturated carbocycles. The number of aromatic nitrogens is 2. The van der Waals surface area contributed by atoms with Crippen LogP contribution < -0.4 is 16.2 Å². The Hall–Kier alpha value is -1.07. The van der Waals surface area contributed by atoms with E-state index in [1.165, 1.54) is 17.5 Å². The number of nitrogens with one attached hydrogen (secondary N) is 2. The molecule has 1 aliphatic rings. The molecule has 1 aliphatic heterocycles. The first-order chi connectivity index (χ1) is 10.1. The summed E-state index contributed by atoms with van der Waals surface area (Å²) in [7, 11) is 0. The molecular weight excluding hydrogens is 288 g/mol. The van der Waals surface area contributed by atoms with Crippen molar-refractivity contribution >= 4 is 17.3 Å². The van der Waals surface area contributed by atoms with E-state index >= 15 is 0 Å². The summed E-state index contributed by atoms with van der Waals surface area (Å²) in [6, 6.07) is 0. The summed E-state index contributed by atoms with van der Waals surface area (Å²) >= 11 is 6.19. The monoisotopic (exact) mass is 312 g/mol. The van der Waals surface area contributed by atoms with E-state index in [4.69, 9.17) is 11.6 Å². The van der Waals surface area contributed by atoms with E-state index in [9.17, 15) is 4.79 Å². The van der Waals surface area contributed by atoms with Crippen molar-refractivity contribution in [1.82, 2.24) is 15.1 Å². The number of hydrogen-bond donors (Lipinski definition) is 2. The van der Waals surface area contributed by atoms with Gasteiger partial charge in [-0.1, -0.05) is 31.9 Å². The molecule has 2 heterocycles. The van der Waals surface area contributed by atoms with Crippen LogP contribution in [-0.2, 0) is 6.54 Å². The first-order valence-electron chi connectivity index (χ1n) is 7.76. The zero-order valence-corrected chi connectivity index (χ0v) is 13.7. The molecule has 1 unspecified atom stereocenters. The maximum Gasteiger partial charge on any atom is 0.287 e. The Morgan fingerprint density at radius 2 is 2.38 bits per heavy atom. The lowest BCUT2D eigenvalue weighted by molar-refractivity contribution is 0.253. The van der Waals surface area contributed by atoms with E-state index in [0.29, 0.717) is 12.2 Å². The normalized spacial score (nSPS) is 22.2. The quantitative estimate of drug-likeness (QED) is 0.847. The molecule has 0 bridgehead atoms. The third-order valence-corrected chi connectivity index (χ3v) is 4.46. The van der Waals surface area contributed by atoms with Gasteiger partial charge in [0.15, 0.2) is 0 Å². The molecule has 5 nitrogen and oxygen atoms in total. The number of nitrogens with zero attached hydrogens (tertiary/aromatic N) is 2. The molecule has 0 aromatic carbocycles. The summed E-state index contributed by atoms with van der Waals surface area (Å²) in [5.74, 6) is 0. The second-order valence-corrected chi connectivity index (χ2v) is 6.58. The van der Waals surface area contributed by atoms with Crippen LogP contribution in [0.25, 0.3) is 0 Å². The Balaban J connectivity index is 2.03. The molecule has 0 radical (unpaired) electrons. The number of rotatable bonds is 6. The summed E-state index contributed by atoms with van der Waals surface area (Å²) in [6.07, 6.45) is 5.98. The number of unbranched alkanes of at least 4 members (excludes halogenated alkanes) is 1. The van der Waals surface area contributed by atoms with Gasteiger partial charge in [-0.25, -0.2) is 4.68 Å². The van der Waals surface area contributed by atoms with Crippen LogP contribution in [0.1, 0.15) is 39.5 Å². The number of aryl methyl sites for hydroxylation is 1. The molecule has 2 N–H and O–H groups in total. The highest BCUT2D eigenvalue weighted by Crippen LogP contribution is 2.26. The standard InChI is InChI=1S/C15H25ClN4O/c1-3-4-8-20-14(21)13(16)12(9-19-20)18-11-15(2)6-5-7-17-10-15/h9,17-18H,3-8,10-11H2,1-2H3. The second-order valence-electron chi connectivity index (χ2n) is 6.20. The lowest BCUT2D eigenvalue weighted by atomic mass is 9.83. The topological polar surface area (TPSA) is 59.0 Å². The van der Waals surface area contributed by atoms with Crippen LogP contribution >= 0.6 is 11.6 Å². The molecule has 1 atom stereocenters. The van der Waals surface area contributed by atoms with Crippen LogP contribution in [0.4, 0.5) is 5.69 Å². The van der Waals surface area contributed by atoms with Gasteiger partial charge in [0.1, 0.15) is 5.02 Å². The van der Waals surface area contributed by atoms with Crippen LogP contribution in [0, 0.1) is 5.41 Å². The molecular formula is C15H25ClN4O. The van der Waals surface area contributed by atoms with Gasteiger partial charge in [0.2, 0.25) is 0 Å². The van der Waals surface area contributed by atoms with E-state index in [1.54, 1.807) is 6.20 Å². The predicted octanol–water partition coefficient (Wildman–Crippen LogP) is 2.50. The van der Waals surface area contributed by atoms with Crippen LogP contribution in [-0.4, -0.2) is 29.4 Å².